The standard InChI is InChI=1S/C8H17NO2/c1-10-5-7-3-4-8(9-7)6-11-2/h7-9H,3-6H2,1-2H3/t7-,8?/m0/s1. The van der Waals surface area contributed by atoms with Gasteiger partial charge < -0.3 is 14.8 Å². The van der Waals surface area contributed by atoms with Gasteiger partial charge in [0.2, 0.25) is 0 Å². The number of hydrogen-bond acceptors (Lipinski definition) is 3. The molecule has 1 fully saturated rings. The van der Waals surface area contributed by atoms with Crippen molar-refractivity contribution < 1.29 is 9.47 Å². The van der Waals surface area contributed by atoms with Crippen molar-refractivity contribution in [2.45, 2.75) is 24.9 Å². The summed E-state index contributed by atoms with van der Waals surface area (Å²) in [4.78, 5) is 0. The van der Waals surface area contributed by atoms with Crippen LogP contribution in [0, 0.1) is 0 Å². The molecule has 0 aromatic carbocycles. The summed E-state index contributed by atoms with van der Waals surface area (Å²) in [6.45, 7) is 1.64. The Labute approximate surface area is 68.1 Å². The molecule has 0 aromatic rings. The molecule has 1 rings (SSSR count). The molecule has 1 aliphatic rings. The molecule has 1 aliphatic heterocycles. The molecule has 2 atom stereocenters. The Morgan fingerprint density at radius 1 is 1.09 bits per heavy atom. The van der Waals surface area contributed by atoms with Crippen LogP contribution in [0.3, 0.4) is 0 Å². The van der Waals surface area contributed by atoms with Crippen LogP contribution in [0.4, 0.5) is 0 Å². The van der Waals surface area contributed by atoms with Gasteiger partial charge in [-0.3, -0.25) is 0 Å². The van der Waals surface area contributed by atoms with Gasteiger partial charge in [0.15, 0.2) is 0 Å². The maximum Gasteiger partial charge on any atom is 0.0615 e. The van der Waals surface area contributed by atoms with Gasteiger partial charge in [-0.05, 0) is 12.8 Å². The average molecular weight is 159 g/mol. The van der Waals surface area contributed by atoms with E-state index in [2.05, 4.69) is 5.32 Å². The lowest BCUT2D eigenvalue weighted by Crippen LogP contribution is -2.34. The lowest BCUT2D eigenvalue weighted by molar-refractivity contribution is 0.153. The zero-order valence-corrected chi connectivity index (χ0v) is 7.30. The highest BCUT2D eigenvalue weighted by atomic mass is 16.5. The van der Waals surface area contributed by atoms with Gasteiger partial charge in [0.1, 0.15) is 0 Å². The van der Waals surface area contributed by atoms with Crippen LogP contribution in [-0.4, -0.2) is 39.5 Å². The average Bonchev–Trinajstić information content (AvgIpc) is 2.38. The normalized spacial score (nSPS) is 31.1. The van der Waals surface area contributed by atoms with Crippen LogP contribution in [0.25, 0.3) is 0 Å². The fourth-order valence-electron chi connectivity index (χ4n) is 1.57. The minimum absolute atomic E-state index is 0.542. The topological polar surface area (TPSA) is 30.5 Å². The van der Waals surface area contributed by atoms with E-state index < -0.39 is 0 Å². The first-order chi connectivity index (χ1) is 5.36. The molecule has 0 amide bonds. The summed E-state index contributed by atoms with van der Waals surface area (Å²) in [5.74, 6) is 0. The van der Waals surface area contributed by atoms with Crippen LogP contribution >= 0.6 is 0 Å². The highest BCUT2D eigenvalue weighted by Gasteiger charge is 2.22. The van der Waals surface area contributed by atoms with E-state index >= 15 is 0 Å². The van der Waals surface area contributed by atoms with E-state index in [1.54, 1.807) is 14.2 Å². The summed E-state index contributed by atoms with van der Waals surface area (Å²) in [5, 5.41) is 3.44. The van der Waals surface area contributed by atoms with Gasteiger partial charge in [-0.15, -0.1) is 0 Å². The number of nitrogens with one attached hydrogen (secondary N) is 1. The fraction of sp³-hybridized carbons (Fsp3) is 1.00. The Kier molecular flexibility index (Phi) is 3.83. The molecule has 66 valence electrons. The SMILES string of the molecule is COCC1CC[C@@H](COC)N1. The number of methoxy groups -OCH3 is 2. The molecule has 11 heavy (non-hydrogen) atoms. The van der Waals surface area contributed by atoms with Crippen molar-refractivity contribution in [1.82, 2.24) is 5.32 Å². The van der Waals surface area contributed by atoms with Crippen molar-refractivity contribution in [1.29, 1.82) is 0 Å². The van der Waals surface area contributed by atoms with E-state index in [0.717, 1.165) is 13.2 Å². The molecule has 1 unspecified atom stereocenters. The second kappa shape index (κ2) is 4.70. The van der Waals surface area contributed by atoms with E-state index in [1.165, 1.54) is 12.8 Å². The Morgan fingerprint density at radius 2 is 1.55 bits per heavy atom. The van der Waals surface area contributed by atoms with Gasteiger partial charge >= 0.3 is 0 Å². The molecule has 3 nitrogen and oxygen atoms in total. The van der Waals surface area contributed by atoms with Crippen LogP contribution in [0.1, 0.15) is 12.8 Å². The third kappa shape index (κ3) is 2.77. The number of hydrogen-bond donors (Lipinski definition) is 1. The Bertz CT molecular complexity index is 96.3. The van der Waals surface area contributed by atoms with Gasteiger partial charge in [-0.25, -0.2) is 0 Å². The van der Waals surface area contributed by atoms with Gasteiger partial charge in [-0.1, -0.05) is 0 Å². The van der Waals surface area contributed by atoms with Crippen LogP contribution in [-0.2, 0) is 9.47 Å². The monoisotopic (exact) mass is 159 g/mol. The molecule has 1 heterocycles. The number of rotatable bonds is 4. The summed E-state index contributed by atoms with van der Waals surface area (Å²) in [6.07, 6.45) is 2.42. The molecular weight excluding hydrogens is 142 g/mol. The molecule has 0 aliphatic carbocycles. The molecule has 0 spiro atoms. The Morgan fingerprint density at radius 3 is 1.91 bits per heavy atom. The molecule has 0 saturated carbocycles. The zero-order valence-electron chi connectivity index (χ0n) is 7.30. The first-order valence-electron chi connectivity index (χ1n) is 4.10. The van der Waals surface area contributed by atoms with Gasteiger partial charge in [0.05, 0.1) is 13.2 Å². The highest BCUT2D eigenvalue weighted by molar-refractivity contribution is 4.82. The van der Waals surface area contributed by atoms with Crippen molar-refractivity contribution in [2.75, 3.05) is 27.4 Å². The molecule has 0 bridgehead atoms. The molecule has 3 heteroatoms. The van der Waals surface area contributed by atoms with Gasteiger partial charge in [0, 0.05) is 26.3 Å². The maximum atomic E-state index is 5.05. The van der Waals surface area contributed by atoms with Crippen LogP contribution in [0.15, 0.2) is 0 Å². The smallest absolute Gasteiger partial charge is 0.0615 e. The van der Waals surface area contributed by atoms with Crippen molar-refractivity contribution in [3.8, 4) is 0 Å². The Hall–Kier alpha value is -0.120. The van der Waals surface area contributed by atoms with Crippen molar-refractivity contribution in [2.24, 2.45) is 0 Å². The second-order valence-corrected chi connectivity index (χ2v) is 3.05. The van der Waals surface area contributed by atoms with Gasteiger partial charge in [-0.2, -0.15) is 0 Å². The predicted molar refractivity (Wildman–Crippen MR) is 43.7 cm³/mol. The van der Waals surface area contributed by atoms with Crippen LogP contribution < -0.4 is 5.32 Å². The lowest BCUT2D eigenvalue weighted by atomic mass is 10.2. The lowest BCUT2D eigenvalue weighted by Gasteiger charge is -2.12. The predicted octanol–water partition coefficient (Wildman–Crippen LogP) is 0.400. The van der Waals surface area contributed by atoms with E-state index in [-0.39, 0.29) is 0 Å². The van der Waals surface area contributed by atoms with E-state index in [4.69, 9.17) is 9.47 Å². The summed E-state index contributed by atoms with van der Waals surface area (Å²) in [6, 6.07) is 1.08. The van der Waals surface area contributed by atoms with E-state index in [9.17, 15) is 0 Å². The second-order valence-electron chi connectivity index (χ2n) is 3.05. The minimum Gasteiger partial charge on any atom is -0.383 e. The maximum absolute atomic E-state index is 5.05. The van der Waals surface area contributed by atoms with E-state index in [1.807, 2.05) is 0 Å². The van der Waals surface area contributed by atoms with Crippen LogP contribution in [0.5, 0.6) is 0 Å². The Balaban J connectivity index is 2.12. The molecule has 1 N–H and O–H groups in total. The largest absolute Gasteiger partial charge is 0.383 e. The molecule has 0 radical (unpaired) electrons. The third-order valence-electron chi connectivity index (χ3n) is 2.07. The molecule has 0 aromatic heterocycles. The zero-order chi connectivity index (χ0) is 8.10. The van der Waals surface area contributed by atoms with Crippen molar-refractivity contribution >= 4 is 0 Å². The first-order valence-corrected chi connectivity index (χ1v) is 4.10. The van der Waals surface area contributed by atoms with Crippen molar-refractivity contribution in [3.63, 3.8) is 0 Å². The van der Waals surface area contributed by atoms with Gasteiger partial charge in [0.25, 0.3) is 0 Å². The third-order valence-corrected chi connectivity index (χ3v) is 2.07. The summed E-state index contributed by atoms with van der Waals surface area (Å²) in [7, 11) is 3.48. The number of ether oxygens (including phenoxy) is 2. The quantitative estimate of drug-likeness (QED) is 0.644. The summed E-state index contributed by atoms with van der Waals surface area (Å²) >= 11 is 0. The minimum atomic E-state index is 0.542. The van der Waals surface area contributed by atoms with E-state index in [0.29, 0.717) is 12.1 Å². The summed E-state index contributed by atoms with van der Waals surface area (Å²) < 4.78 is 10.1. The van der Waals surface area contributed by atoms with Crippen LogP contribution in [0.2, 0.25) is 0 Å². The molecular formula is C8H17NO2. The first kappa shape index (κ1) is 8.97. The molecule has 1 saturated heterocycles. The van der Waals surface area contributed by atoms with Crippen molar-refractivity contribution in [3.05, 3.63) is 0 Å². The summed E-state index contributed by atoms with van der Waals surface area (Å²) in [5.41, 5.74) is 0. The highest BCUT2D eigenvalue weighted by Crippen LogP contribution is 2.12. The fourth-order valence-corrected chi connectivity index (χ4v) is 1.57.